The van der Waals surface area contributed by atoms with E-state index in [1.54, 1.807) is 0 Å². The topological polar surface area (TPSA) is 29.9 Å². The van der Waals surface area contributed by atoms with Gasteiger partial charge in [0.25, 0.3) is 0 Å². The molecular formula is C13H23N3. The van der Waals surface area contributed by atoms with Crippen molar-refractivity contribution in [2.24, 2.45) is 18.9 Å². The Bertz CT molecular complexity index is 332. The Kier molecular flexibility index (Phi) is 3.64. The number of aromatic nitrogens is 2. The molecule has 3 nitrogen and oxygen atoms in total. The highest BCUT2D eigenvalue weighted by Gasteiger charge is 2.39. The maximum atomic E-state index is 4.47. The van der Waals surface area contributed by atoms with Crippen molar-refractivity contribution in [3.8, 4) is 0 Å². The van der Waals surface area contributed by atoms with Crippen molar-refractivity contribution in [2.45, 2.75) is 39.2 Å². The molecule has 0 amide bonds. The summed E-state index contributed by atoms with van der Waals surface area (Å²) in [5, 5.41) is 8.14. The van der Waals surface area contributed by atoms with Crippen LogP contribution >= 0.6 is 0 Å². The predicted octanol–water partition coefficient (Wildman–Crippen LogP) is 1.99. The van der Waals surface area contributed by atoms with Crippen LogP contribution < -0.4 is 5.32 Å². The summed E-state index contributed by atoms with van der Waals surface area (Å²) in [5.41, 5.74) is 1.22. The third-order valence-corrected chi connectivity index (χ3v) is 3.54. The van der Waals surface area contributed by atoms with Gasteiger partial charge in [0.05, 0.1) is 5.69 Å². The maximum Gasteiger partial charge on any atom is 0.0640 e. The average molecular weight is 221 g/mol. The Morgan fingerprint density at radius 1 is 1.62 bits per heavy atom. The average Bonchev–Trinajstić information content (AvgIpc) is 2.83. The van der Waals surface area contributed by atoms with E-state index < -0.39 is 0 Å². The van der Waals surface area contributed by atoms with E-state index in [9.17, 15) is 0 Å². The van der Waals surface area contributed by atoms with E-state index in [2.05, 4.69) is 30.3 Å². The molecule has 0 radical (unpaired) electrons. The van der Waals surface area contributed by atoms with Gasteiger partial charge in [-0.05, 0) is 37.3 Å². The zero-order chi connectivity index (χ0) is 11.5. The molecule has 3 atom stereocenters. The standard InChI is InChI=1S/C13H23N3/c1-4-6-14-13(12-8-10(12)2)9-11-5-7-16(3)15-11/h5,7,10,12-14H,4,6,8-9H2,1-3H3. The van der Waals surface area contributed by atoms with E-state index in [-0.39, 0.29) is 0 Å². The molecule has 0 saturated heterocycles. The molecule has 0 bridgehead atoms. The number of aryl methyl sites for hydroxylation is 1. The Labute approximate surface area is 98.2 Å². The molecule has 0 spiro atoms. The van der Waals surface area contributed by atoms with E-state index in [0.717, 1.165) is 24.8 Å². The van der Waals surface area contributed by atoms with Crippen LogP contribution in [-0.4, -0.2) is 22.4 Å². The molecular weight excluding hydrogens is 198 g/mol. The van der Waals surface area contributed by atoms with Gasteiger partial charge in [-0.3, -0.25) is 4.68 Å². The lowest BCUT2D eigenvalue weighted by atomic mass is 10.1. The molecule has 16 heavy (non-hydrogen) atoms. The number of nitrogens with one attached hydrogen (secondary N) is 1. The van der Waals surface area contributed by atoms with Crippen molar-refractivity contribution in [1.82, 2.24) is 15.1 Å². The normalized spacial score (nSPS) is 25.7. The maximum absolute atomic E-state index is 4.47. The first-order chi connectivity index (χ1) is 7.70. The fourth-order valence-corrected chi connectivity index (χ4v) is 2.41. The van der Waals surface area contributed by atoms with Crippen LogP contribution in [0.3, 0.4) is 0 Å². The molecule has 1 saturated carbocycles. The second kappa shape index (κ2) is 5.00. The number of hydrogen-bond acceptors (Lipinski definition) is 2. The quantitative estimate of drug-likeness (QED) is 0.796. The fourth-order valence-electron chi connectivity index (χ4n) is 2.41. The summed E-state index contributed by atoms with van der Waals surface area (Å²) in [7, 11) is 1.98. The summed E-state index contributed by atoms with van der Waals surface area (Å²) in [4.78, 5) is 0. The molecule has 3 heteroatoms. The van der Waals surface area contributed by atoms with Gasteiger partial charge in [0.15, 0.2) is 0 Å². The summed E-state index contributed by atoms with van der Waals surface area (Å²) in [5.74, 6) is 1.77. The molecule has 1 aliphatic rings. The molecule has 1 aliphatic carbocycles. The molecule has 0 aromatic carbocycles. The van der Waals surface area contributed by atoms with Gasteiger partial charge in [-0.15, -0.1) is 0 Å². The molecule has 1 fully saturated rings. The number of hydrogen-bond donors (Lipinski definition) is 1. The summed E-state index contributed by atoms with van der Waals surface area (Å²) < 4.78 is 1.89. The number of rotatable bonds is 6. The first-order valence-corrected chi connectivity index (χ1v) is 6.42. The Morgan fingerprint density at radius 3 is 2.88 bits per heavy atom. The second-order valence-electron chi connectivity index (χ2n) is 5.12. The zero-order valence-electron chi connectivity index (χ0n) is 10.6. The Morgan fingerprint density at radius 2 is 2.38 bits per heavy atom. The highest BCUT2D eigenvalue weighted by molar-refractivity contribution is 5.05. The molecule has 1 aromatic heterocycles. The van der Waals surface area contributed by atoms with Crippen LogP contribution in [0.25, 0.3) is 0 Å². The van der Waals surface area contributed by atoms with Crippen LogP contribution in [0.4, 0.5) is 0 Å². The summed E-state index contributed by atoms with van der Waals surface area (Å²) in [6.45, 7) is 5.70. The van der Waals surface area contributed by atoms with Crippen LogP contribution in [0, 0.1) is 11.8 Å². The van der Waals surface area contributed by atoms with Gasteiger partial charge in [0.1, 0.15) is 0 Å². The molecule has 90 valence electrons. The van der Waals surface area contributed by atoms with E-state index in [1.807, 2.05) is 17.9 Å². The summed E-state index contributed by atoms with van der Waals surface area (Å²) in [6.07, 6.45) is 5.70. The molecule has 1 heterocycles. The second-order valence-corrected chi connectivity index (χ2v) is 5.12. The van der Waals surface area contributed by atoms with Gasteiger partial charge in [-0.2, -0.15) is 5.10 Å². The van der Waals surface area contributed by atoms with Crippen molar-refractivity contribution in [3.63, 3.8) is 0 Å². The van der Waals surface area contributed by atoms with Crippen LogP contribution in [0.2, 0.25) is 0 Å². The van der Waals surface area contributed by atoms with E-state index >= 15 is 0 Å². The first-order valence-electron chi connectivity index (χ1n) is 6.42. The Balaban J connectivity index is 1.91. The SMILES string of the molecule is CCCNC(Cc1ccn(C)n1)C1CC1C. The number of nitrogens with zero attached hydrogens (tertiary/aromatic N) is 2. The first kappa shape index (κ1) is 11.6. The minimum atomic E-state index is 0.629. The van der Waals surface area contributed by atoms with Gasteiger partial charge in [-0.25, -0.2) is 0 Å². The van der Waals surface area contributed by atoms with Crippen LogP contribution in [0.5, 0.6) is 0 Å². The van der Waals surface area contributed by atoms with Gasteiger partial charge in [0.2, 0.25) is 0 Å². The largest absolute Gasteiger partial charge is 0.313 e. The minimum absolute atomic E-state index is 0.629. The summed E-state index contributed by atoms with van der Waals surface area (Å²) >= 11 is 0. The zero-order valence-corrected chi connectivity index (χ0v) is 10.6. The van der Waals surface area contributed by atoms with Crippen molar-refractivity contribution in [2.75, 3.05) is 6.54 Å². The molecule has 1 aromatic rings. The van der Waals surface area contributed by atoms with Crippen LogP contribution in [0.1, 0.15) is 32.4 Å². The van der Waals surface area contributed by atoms with Crippen molar-refractivity contribution >= 4 is 0 Å². The van der Waals surface area contributed by atoms with Crippen molar-refractivity contribution < 1.29 is 0 Å². The highest BCUT2D eigenvalue weighted by atomic mass is 15.2. The van der Waals surface area contributed by atoms with Crippen LogP contribution in [0.15, 0.2) is 12.3 Å². The van der Waals surface area contributed by atoms with E-state index in [1.165, 1.54) is 18.5 Å². The predicted molar refractivity (Wildman–Crippen MR) is 66.3 cm³/mol. The lowest BCUT2D eigenvalue weighted by Gasteiger charge is -2.17. The monoisotopic (exact) mass is 221 g/mol. The lowest BCUT2D eigenvalue weighted by molar-refractivity contribution is 0.439. The lowest BCUT2D eigenvalue weighted by Crippen LogP contribution is -2.34. The van der Waals surface area contributed by atoms with Crippen molar-refractivity contribution in [1.29, 1.82) is 0 Å². The van der Waals surface area contributed by atoms with Gasteiger partial charge in [-0.1, -0.05) is 13.8 Å². The fraction of sp³-hybridized carbons (Fsp3) is 0.769. The minimum Gasteiger partial charge on any atom is -0.313 e. The van der Waals surface area contributed by atoms with E-state index in [4.69, 9.17) is 0 Å². The molecule has 0 aliphatic heterocycles. The van der Waals surface area contributed by atoms with Gasteiger partial charge < -0.3 is 5.32 Å². The van der Waals surface area contributed by atoms with Gasteiger partial charge >= 0.3 is 0 Å². The van der Waals surface area contributed by atoms with Gasteiger partial charge in [0, 0.05) is 25.7 Å². The molecule has 1 N–H and O–H groups in total. The van der Waals surface area contributed by atoms with Crippen LogP contribution in [-0.2, 0) is 13.5 Å². The van der Waals surface area contributed by atoms with E-state index in [0.29, 0.717) is 6.04 Å². The third-order valence-electron chi connectivity index (χ3n) is 3.54. The summed E-state index contributed by atoms with van der Waals surface area (Å²) in [6, 6.07) is 2.76. The molecule has 3 unspecified atom stereocenters. The Hall–Kier alpha value is -0.830. The molecule has 2 rings (SSSR count). The highest BCUT2D eigenvalue weighted by Crippen LogP contribution is 2.41. The smallest absolute Gasteiger partial charge is 0.0640 e. The third kappa shape index (κ3) is 2.85. The van der Waals surface area contributed by atoms with Crippen molar-refractivity contribution in [3.05, 3.63) is 18.0 Å².